The third-order valence-electron chi connectivity index (χ3n) is 7.02. The molecule has 1 N–H and O–H groups in total. The summed E-state index contributed by atoms with van der Waals surface area (Å²) in [5, 5.41) is 8.70. The third-order valence-corrected chi connectivity index (χ3v) is 7.02. The van der Waals surface area contributed by atoms with E-state index in [-0.39, 0.29) is 11.7 Å². The summed E-state index contributed by atoms with van der Waals surface area (Å²) in [6.07, 6.45) is 4.71. The number of likely N-dealkylation sites (tertiary alicyclic amines) is 1. The lowest BCUT2D eigenvalue weighted by Gasteiger charge is -2.33. The van der Waals surface area contributed by atoms with Gasteiger partial charge in [-0.2, -0.15) is 5.10 Å². The maximum absolute atomic E-state index is 14.1. The Hall–Kier alpha value is -3.58. The topological polar surface area (TPSA) is 63.1 Å². The van der Waals surface area contributed by atoms with Crippen molar-refractivity contribution in [3.63, 3.8) is 0 Å². The van der Waals surface area contributed by atoms with E-state index >= 15 is 0 Å². The monoisotopic (exact) mass is 485 g/mol. The maximum atomic E-state index is 14.1. The number of hydrogen-bond donors (Lipinski definition) is 1. The summed E-state index contributed by atoms with van der Waals surface area (Å²) in [4.78, 5) is 20.3. The SMILES string of the molecule is Cc1cc(C(=O)NCCCN2CCCC[C@H]2C)nc2c1c(-c1ccccc1)nn2-c1cccc(F)c1. The third kappa shape index (κ3) is 5.02. The molecule has 4 aromatic rings. The van der Waals surface area contributed by atoms with Crippen LogP contribution in [0.15, 0.2) is 60.7 Å². The minimum absolute atomic E-state index is 0.208. The molecule has 36 heavy (non-hydrogen) atoms. The van der Waals surface area contributed by atoms with Gasteiger partial charge in [0, 0.05) is 24.7 Å². The van der Waals surface area contributed by atoms with Gasteiger partial charge in [0.1, 0.15) is 17.2 Å². The minimum Gasteiger partial charge on any atom is -0.351 e. The second-order valence-electron chi connectivity index (χ2n) is 9.62. The van der Waals surface area contributed by atoms with Gasteiger partial charge in [0.05, 0.1) is 11.1 Å². The van der Waals surface area contributed by atoms with Gasteiger partial charge in [0.2, 0.25) is 0 Å². The number of aromatic nitrogens is 3. The Morgan fingerprint density at radius 3 is 2.72 bits per heavy atom. The van der Waals surface area contributed by atoms with Crippen molar-refractivity contribution in [3.8, 4) is 16.9 Å². The van der Waals surface area contributed by atoms with Gasteiger partial charge in [0.25, 0.3) is 5.91 Å². The number of nitrogens with zero attached hydrogens (tertiary/aromatic N) is 4. The number of amides is 1. The molecular formula is C29H32FN5O. The first-order valence-electron chi connectivity index (χ1n) is 12.8. The summed E-state index contributed by atoms with van der Waals surface area (Å²) in [5.74, 6) is -0.564. The summed E-state index contributed by atoms with van der Waals surface area (Å²) in [6.45, 7) is 6.97. The molecule has 0 bridgehead atoms. The summed E-state index contributed by atoms with van der Waals surface area (Å²) < 4.78 is 15.7. The molecule has 1 saturated heterocycles. The Morgan fingerprint density at radius 1 is 1.11 bits per heavy atom. The Balaban J connectivity index is 1.43. The molecule has 0 aliphatic carbocycles. The van der Waals surface area contributed by atoms with Gasteiger partial charge in [-0.3, -0.25) is 4.79 Å². The number of fused-ring (bicyclic) bond motifs is 1. The second kappa shape index (κ2) is 10.6. The van der Waals surface area contributed by atoms with Crippen molar-refractivity contribution >= 4 is 16.9 Å². The van der Waals surface area contributed by atoms with Crippen molar-refractivity contribution in [2.24, 2.45) is 0 Å². The van der Waals surface area contributed by atoms with Gasteiger partial charge in [0.15, 0.2) is 5.65 Å². The van der Waals surface area contributed by atoms with Crippen molar-refractivity contribution in [2.75, 3.05) is 19.6 Å². The van der Waals surface area contributed by atoms with Crippen LogP contribution < -0.4 is 5.32 Å². The van der Waals surface area contributed by atoms with Crippen molar-refractivity contribution in [1.82, 2.24) is 25.0 Å². The molecule has 7 heteroatoms. The molecule has 1 fully saturated rings. The Bertz CT molecular complexity index is 1370. The summed E-state index contributed by atoms with van der Waals surface area (Å²) in [5.41, 5.74) is 4.01. The molecule has 3 heterocycles. The van der Waals surface area contributed by atoms with E-state index in [4.69, 9.17) is 10.1 Å². The molecule has 5 rings (SSSR count). The van der Waals surface area contributed by atoms with E-state index in [1.807, 2.05) is 43.3 Å². The molecule has 0 unspecified atom stereocenters. The highest BCUT2D eigenvalue weighted by Gasteiger charge is 2.21. The number of pyridine rings is 1. The number of benzene rings is 2. The highest BCUT2D eigenvalue weighted by atomic mass is 19.1. The van der Waals surface area contributed by atoms with E-state index in [2.05, 4.69) is 17.1 Å². The highest BCUT2D eigenvalue weighted by Crippen LogP contribution is 2.32. The molecule has 2 aromatic carbocycles. The smallest absolute Gasteiger partial charge is 0.269 e. The first kappa shape index (κ1) is 24.1. The van der Waals surface area contributed by atoms with Crippen LogP contribution in [-0.2, 0) is 0 Å². The van der Waals surface area contributed by atoms with Crippen LogP contribution in [0, 0.1) is 12.7 Å². The van der Waals surface area contributed by atoms with E-state index in [1.165, 1.54) is 31.4 Å². The first-order valence-corrected chi connectivity index (χ1v) is 12.8. The number of nitrogens with one attached hydrogen (secondary N) is 1. The average molecular weight is 486 g/mol. The second-order valence-corrected chi connectivity index (χ2v) is 9.62. The van der Waals surface area contributed by atoms with Crippen molar-refractivity contribution in [1.29, 1.82) is 0 Å². The van der Waals surface area contributed by atoms with Gasteiger partial charge in [-0.05, 0) is 69.5 Å². The molecule has 0 radical (unpaired) electrons. The largest absolute Gasteiger partial charge is 0.351 e. The Morgan fingerprint density at radius 2 is 1.94 bits per heavy atom. The van der Waals surface area contributed by atoms with Crippen LogP contribution in [0.3, 0.4) is 0 Å². The number of halogens is 1. The normalized spacial score (nSPS) is 16.4. The van der Waals surface area contributed by atoms with Gasteiger partial charge in [-0.15, -0.1) is 0 Å². The number of rotatable bonds is 7. The van der Waals surface area contributed by atoms with Crippen molar-refractivity contribution in [2.45, 2.75) is 45.6 Å². The summed E-state index contributed by atoms with van der Waals surface area (Å²) in [7, 11) is 0. The van der Waals surface area contributed by atoms with E-state index in [1.54, 1.807) is 16.8 Å². The highest BCUT2D eigenvalue weighted by molar-refractivity contribution is 5.99. The van der Waals surface area contributed by atoms with E-state index in [9.17, 15) is 9.18 Å². The fourth-order valence-corrected chi connectivity index (χ4v) is 5.07. The molecule has 1 atom stereocenters. The van der Waals surface area contributed by atoms with Gasteiger partial charge in [-0.25, -0.2) is 14.1 Å². The molecule has 2 aromatic heterocycles. The van der Waals surface area contributed by atoms with Crippen LogP contribution in [-0.4, -0.2) is 51.2 Å². The molecule has 186 valence electrons. The van der Waals surface area contributed by atoms with E-state index in [0.29, 0.717) is 29.6 Å². The first-order chi connectivity index (χ1) is 17.5. The zero-order chi connectivity index (χ0) is 25.1. The average Bonchev–Trinajstić information content (AvgIpc) is 3.28. The quantitative estimate of drug-likeness (QED) is 0.350. The predicted molar refractivity (Wildman–Crippen MR) is 141 cm³/mol. The number of piperidine rings is 1. The zero-order valence-electron chi connectivity index (χ0n) is 20.9. The summed E-state index contributed by atoms with van der Waals surface area (Å²) >= 11 is 0. The van der Waals surface area contributed by atoms with Gasteiger partial charge in [-0.1, -0.05) is 42.8 Å². The van der Waals surface area contributed by atoms with E-state index in [0.717, 1.165) is 41.7 Å². The predicted octanol–water partition coefficient (Wildman–Crippen LogP) is 5.53. The Labute approximate surface area is 211 Å². The molecule has 1 amide bonds. The van der Waals surface area contributed by atoms with Crippen LogP contribution in [0.4, 0.5) is 4.39 Å². The molecule has 0 saturated carbocycles. The Kier molecular flexibility index (Phi) is 7.09. The van der Waals surface area contributed by atoms with Crippen LogP contribution in [0.2, 0.25) is 0 Å². The fraction of sp³-hybridized carbons (Fsp3) is 0.345. The summed E-state index contributed by atoms with van der Waals surface area (Å²) in [6, 6.07) is 18.5. The standard InChI is InChI=1S/C29H32FN5O/c1-20-18-25(29(36)31-15-9-17-34-16-7-6-10-21(34)2)32-28-26(20)27(22-11-4-3-5-12-22)33-35(28)24-14-8-13-23(30)19-24/h3-5,8,11-14,18-19,21H,6-7,9-10,15-17H2,1-2H3,(H,31,36)/t21-/m1/s1. The minimum atomic E-state index is -0.356. The van der Waals surface area contributed by atoms with Crippen molar-refractivity contribution < 1.29 is 9.18 Å². The lowest BCUT2D eigenvalue weighted by molar-refractivity contribution is 0.0944. The zero-order valence-corrected chi connectivity index (χ0v) is 20.9. The van der Waals surface area contributed by atoms with Crippen LogP contribution in [0.5, 0.6) is 0 Å². The molecule has 1 aliphatic heterocycles. The molecule has 6 nitrogen and oxygen atoms in total. The number of hydrogen-bond acceptors (Lipinski definition) is 4. The molecular weight excluding hydrogens is 453 g/mol. The van der Waals surface area contributed by atoms with Crippen molar-refractivity contribution in [3.05, 3.63) is 77.7 Å². The lowest BCUT2D eigenvalue weighted by atomic mass is 10.0. The van der Waals surface area contributed by atoms with Crippen LogP contribution in [0.25, 0.3) is 28.0 Å². The number of aryl methyl sites for hydroxylation is 1. The molecule has 0 spiro atoms. The molecule has 1 aliphatic rings. The number of carbonyl (C=O) groups is 1. The van der Waals surface area contributed by atoms with Gasteiger partial charge >= 0.3 is 0 Å². The number of carbonyl (C=O) groups excluding carboxylic acids is 1. The van der Waals surface area contributed by atoms with Crippen LogP contribution in [0.1, 0.15) is 48.7 Å². The van der Waals surface area contributed by atoms with E-state index < -0.39 is 0 Å². The van der Waals surface area contributed by atoms with Gasteiger partial charge < -0.3 is 10.2 Å². The fourth-order valence-electron chi connectivity index (χ4n) is 5.07. The van der Waals surface area contributed by atoms with Crippen LogP contribution >= 0.6 is 0 Å². The maximum Gasteiger partial charge on any atom is 0.269 e. The lowest BCUT2D eigenvalue weighted by Crippen LogP contribution is -2.39.